The van der Waals surface area contributed by atoms with Crippen molar-refractivity contribution in [2.24, 2.45) is 0 Å². The average molecular weight is 1780 g/mol. The average Bonchev–Trinajstić information content (AvgIpc) is 1.61. The summed E-state index contributed by atoms with van der Waals surface area (Å²) in [5.41, 5.74) is 11.3. The zero-order chi connectivity index (χ0) is 94.1. The predicted octanol–water partition coefficient (Wildman–Crippen LogP) is 9.49. The summed E-state index contributed by atoms with van der Waals surface area (Å²) in [6, 6.07) is 57.5. The number of rotatable bonds is 36. The molecule has 13 rings (SSSR count). The lowest BCUT2D eigenvalue weighted by molar-refractivity contribution is -0.142. The highest BCUT2D eigenvalue weighted by Gasteiger charge is 2.28. The van der Waals surface area contributed by atoms with E-state index < -0.39 is 147 Å². The van der Waals surface area contributed by atoms with Crippen LogP contribution in [0.4, 0.5) is 0 Å². The van der Waals surface area contributed by atoms with Crippen LogP contribution in [0.2, 0.25) is 0 Å². The Hall–Kier alpha value is -18.1. The molecule has 0 fully saturated rings. The highest BCUT2D eigenvalue weighted by molar-refractivity contribution is 6.06. The van der Waals surface area contributed by atoms with E-state index in [9.17, 15) is 118 Å². The van der Waals surface area contributed by atoms with Gasteiger partial charge < -0.3 is 91.7 Å². The Kier molecular flexibility index (Phi) is 28.4. The van der Waals surface area contributed by atoms with Crippen molar-refractivity contribution in [3.63, 3.8) is 0 Å². The summed E-state index contributed by atoms with van der Waals surface area (Å²) in [7, 11) is 0. The number of carbonyl (C=O) groups excluding carboxylic acids is 8. The summed E-state index contributed by atoms with van der Waals surface area (Å²) < 4.78 is 0. The minimum Gasteiger partial charge on any atom is -0.480 e. The van der Waals surface area contributed by atoms with Crippen molar-refractivity contribution in [3.8, 4) is 44.5 Å². The van der Waals surface area contributed by atoms with Crippen molar-refractivity contribution in [3.05, 3.63) is 308 Å². The van der Waals surface area contributed by atoms with Crippen LogP contribution in [-0.4, -0.2) is 228 Å². The van der Waals surface area contributed by atoms with Gasteiger partial charge in [-0.15, -0.1) is 0 Å². The number of benzene rings is 8. The second-order valence-electron chi connectivity index (χ2n) is 30.1. The van der Waals surface area contributed by atoms with Crippen molar-refractivity contribution in [2.75, 3.05) is 52.4 Å². The molecule has 0 saturated carbocycles. The fourth-order valence-corrected chi connectivity index (χ4v) is 14.6. The Morgan fingerprint density at radius 1 is 0.220 bits per heavy atom. The van der Waals surface area contributed by atoms with Crippen LogP contribution in [0.15, 0.2) is 218 Å². The van der Waals surface area contributed by atoms with Crippen LogP contribution < -0.4 is 21.3 Å². The van der Waals surface area contributed by atoms with Gasteiger partial charge in [-0.2, -0.15) is 0 Å². The first-order chi connectivity index (χ1) is 63.3. The number of fused-ring (bicyclic) bond motifs is 8. The molecule has 2 aliphatic heterocycles. The molecule has 0 spiro atoms. The van der Waals surface area contributed by atoms with E-state index in [-0.39, 0.29) is 70.7 Å². The Morgan fingerprint density at radius 2 is 0.379 bits per heavy atom. The molecule has 3 aromatic heterocycles. The normalized spacial score (nSPS) is 11.2. The maximum atomic E-state index is 14.1. The number of amides is 8. The highest BCUT2D eigenvalue weighted by Crippen LogP contribution is 2.40. The molecule has 14 N–H and O–H groups in total. The fraction of sp³-hybridized carbons (Fsp3) is 0.125. The van der Waals surface area contributed by atoms with Gasteiger partial charge in [-0.3, -0.25) is 76.7 Å². The second-order valence-corrected chi connectivity index (χ2v) is 30.1. The quantitative estimate of drug-likeness (QED) is 0.0174. The van der Waals surface area contributed by atoms with E-state index in [1.165, 1.54) is 97.1 Å². The Bertz CT molecular complexity index is 5850. The Morgan fingerprint density at radius 3 is 0.538 bits per heavy atom. The first-order valence-electron chi connectivity index (χ1n) is 40.2. The maximum Gasteiger partial charge on any atom is 0.323 e. The predicted molar refractivity (Wildman–Crippen MR) is 476 cm³/mol. The number of H-pyrrole nitrogens is 2. The topological polar surface area (TPSA) is 553 Å². The smallest absolute Gasteiger partial charge is 0.323 e. The number of aliphatic carboxylic acids is 8. The number of hydrogen-bond acceptors (Lipinski definition) is 18. The molecule has 8 amide bonds. The van der Waals surface area contributed by atoms with Crippen molar-refractivity contribution >= 4 is 141 Å². The molecule has 36 heteroatoms. The van der Waals surface area contributed by atoms with E-state index in [4.69, 9.17) is 9.97 Å². The minimum atomic E-state index is -1.41. The van der Waals surface area contributed by atoms with Gasteiger partial charge in [-0.1, -0.05) is 97.1 Å². The molecule has 0 saturated heterocycles. The van der Waals surface area contributed by atoms with Crippen LogP contribution in [0.5, 0.6) is 0 Å². The Labute approximate surface area is 747 Å². The van der Waals surface area contributed by atoms with Gasteiger partial charge in [0.15, 0.2) is 0 Å². The van der Waals surface area contributed by atoms with Crippen molar-refractivity contribution in [2.45, 2.75) is 26.2 Å². The van der Waals surface area contributed by atoms with Crippen LogP contribution in [0.1, 0.15) is 128 Å². The monoisotopic (exact) mass is 1780 g/mol. The van der Waals surface area contributed by atoms with Gasteiger partial charge in [0.1, 0.15) is 52.4 Å². The highest BCUT2D eigenvalue weighted by atomic mass is 16.4. The molecular weight excluding hydrogens is 1710 g/mol. The van der Waals surface area contributed by atoms with Gasteiger partial charge in [0.05, 0.1) is 22.8 Å². The number of nitrogens with zero attached hydrogens (tertiary/aromatic N) is 6. The molecule has 0 aliphatic carbocycles. The van der Waals surface area contributed by atoms with Crippen LogP contribution in [-0.2, 0) is 64.5 Å². The fourth-order valence-electron chi connectivity index (χ4n) is 14.6. The number of aromatic amines is 2. The molecule has 5 heterocycles. The second kappa shape index (κ2) is 40.9. The van der Waals surface area contributed by atoms with Crippen LogP contribution in [0.25, 0.3) is 90.9 Å². The number of carbonyl (C=O) groups is 16. The van der Waals surface area contributed by atoms with E-state index >= 15 is 0 Å². The summed E-state index contributed by atoms with van der Waals surface area (Å²) in [6.07, 6.45) is 7.24. The summed E-state index contributed by atoms with van der Waals surface area (Å²) in [6.45, 7) is -6.92. The lowest BCUT2D eigenvalue weighted by atomic mass is 10.0. The zero-order valence-corrected chi connectivity index (χ0v) is 69.4. The summed E-state index contributed by atoms with van der Waals surface area (Å²) in [5.74, 6) is -16.6. The van der Waals surface area contributed by atoms with E-state index in [2.05, 4.69) is 31.2 Å². The van der Waals surface area contributed by atoms with Crippen LogP contribution in [0, 0.1) is 0 Å². The molecule has 0 atom stereocenters. The zero-order valence-electron chi connectivity index (χ0n) is 69.4. The van der Waals surface area contributed by atoms with Gasteiger partial charge in [0, 0.05) is 115 Å². The molecule has 2 aliphatic rings. The van der Waals surface area contributed by atoms with Gasteiger partial charge >= 0.3 is 47.8 Å². The molecule has 0 radical (unpaired) electrons. The first-order valence-corrected chi connectivity index (χ1v) is 40.2. The van der Waals surface area contributed by atoms with Gasteiger partial charge in [-0.05, 0) is 190 Å². The third-order valence-electron chi connectivity index (χ3n) is 20.9. The van der Waals surface area contributed by atoms with Gasteiger partial charge in [-0.25, -0.2) is 9.97 Å². The molecule has 8 aromatic carbocycles. The first kappa shape index (κ1) is 91.6. The standard InChI is InChI=1S/C96H78N12O24/c109-77(110)45-105(46-78(111)112)93(129)65-9-1-53(2-10-65)41-97-89(125)61-25-17-57(18-26-61)85-69-33-35-71(101-69)86(58-19-27-62(28-20-58)90(126)98-42-54-3-11-66(12-4-54)94(130)106(47-79(113)114)48-80(115)116)73-37-39-75(103-73)88(60-23-31-64(32-24-60)92(128)100-44-56-7-15-68(16-8-56)96(132)108(51-83(121)122)52-84(123)124)76-40-38-74(104-76)87(72-36-34-70(85)102-72)59-21-29-63(30-22-59)91(127)99-43-55-5-13-67(14-6-55)95(131)107(49-81(117)118)50-82(119)120/h1-40,101,104H,41-52H2,(H,97,125)(H,98,126)(H,99,127)(H,100,128)(H,109,110)(H,111,112)(H,113,114)(H,115,116)(H,117,118)(H,119,120)(H,121,122)(H,123,124). The lowest BCUT2D eigenvalue weighted by Gasteiger charge is -2.18. The third-order valence-corrected chi connectivity index (χ3v) is 20.9. The summed E-state index contributed by atoms with van der Waals surface area (Å²) in [4.78, 5) is 222. The number of aromatic nitrogens is 4. The third kappa shape index (κ3) is 22.8. The largest absolute Gasteiger partial charge is 0.480 e. The van der Waals surface area contributed by atoms with Crippen molar-refractivity contribution in [1.82, 2.24) is 60.8 Å². The van der Waals surface area contributed by atoms with E-state index in [0.717, 1.165) is 0 Å². The van der Waals surface area contributed by atoms with E-state index in [1.807, 2.05) is 48.6 Å². The van der Waals surface area contributed by atoms with Crippen LogP contribution >= 0.6 is 0 Å². The summed E-state index contributed by atoms with van der Waals surface area (Å²) >= 11 is 0. The molecule has 11 aromatic rings. The molecule has 0 unspecified atom stereocenters. The number of carboxylic acid groups (broad SMARTS) is 8. The van der Waals surface area contributed by atoms with Crippen molar-refractivity contribution in [1.29, 1.82) is 0 Å². The molecule has 8 bridgehead atoms. The SMILES string of the molecule is O=C(O)CN(CC(=O)O)C(=O)c1ccc(CNC(=O)c2ccc(-c3c4nc(c(-c5ccc(C(=O)NCc6ccc(C(=O)N(CC(=O)O)CC(=O)O)cc6)cc5)c5ccc([nH]5)c(-c5ccc(C(=O)NCc6ccc(C(=O)N(CC(=O)O)CC(=O)O)cc6)cc5)c5nc(c(-c6ccc(C(=O)NCc7ccc(C(=O)N(CC(=O)O)CC(=O)O)cc7)cc6)c6ccc3[nH]6)C=C5)C=C4)cc2)cc1. The van der Waals surface area contributed by atoms with Gasteiger partial charge in [0.25, 0.3) is 47.3 Å². The number of nitrogens with one attached hydrogen (secondary N) is 6. The van der Waals surface area contributed by atoms with E-state index in [1.54, 1.807) is 97.1 Å². The minimum absolute atomic E-state index is 0.0172. The number of carboxylic acids is 8. The van der Waals surface area contributed by atoms with E-state index in [0.29, 0.717) is 131 Å². The van der Waals surface area contributed by atoms with Gasteiger partial charge in [0.2, 0.25) is 0 Å². The summed E-state index contributed by atoms with van der Waals surface area (Å²) in [5, 5.41) is 86.2. The number of hydrogen-bond donors (Lipinski definition) is 14. The Balaban J connectivity index is 0.887. The van der Waals surface area contributed by atoms with Crippen LogP contribution in [0.3, 0.4) is 0 Å². The van der Waals surface area contributed by atoms with Crippen molar-refractivity contribution < 1.29 is 118 Å². The molecular formula is C96H78N12O24. The molecule has 36 nitrogen and oxygen atoms in total. The maximum absolute atomic E-state index is 14.1. The lowest BCUT2D eigenvalue weighted by Crippen LogP contribution is -2.39. The molecule has 132 heavy (non-hydrogen) atoms. The molecule has 666 valence electrons.